The molecule has 0 radical (unpaired) electrons. The third-order valence-corrected chi connectivity index (χ3v) is 4.12. The van der Waals surface area contributed by atoms with E-state index >= 15 is 0 Å². The van der Waals surface area contributed by atoms with E-state index in [1.165, 1.54) is 6.07 Å². The highest BCUT2D eigenvalue weighted by Crippen LogP contribution is 2.29. The van der Waals surface area contributed by atoms with E-state index in [9.17, 15) is 15.2 Å². The number of nitrogens with one attached hydrogen (secondary N) is 2. The van der Waals surface area contributed by atoms with Crippen LogP contribution in [0.4, 0.5) is 23.1 Å². The van der Waals surface area contributed by atoms with Crippen molar-refractivity contribution in [2.75, 3.05) is 17.2 Å². The summed E-state index contributed by atoms with van der Waals surface area (Å²) in [5.74, 6) is 0.805. The number of benzene rings is 1. The van der Waals surface area contributed by atoms with Gasteiger partial charge in [-0.3, -0.25) is 15.1 Å². The van der Waals surface area contributed by atoms with Gasteiger partial charge in [-0.15, -0.1) is 0 Å². The zero-order valence-electron chi connectivity index (χ0n) is 15.5. The van der Waals surface area contributed by atoms with Crippen molar-refractivity contribution in [3.05, 3.63) is 64.5 Å². The summed E-state index contributed by atoms with van der Waals surface area (Å²) in [7, 11) is 0. The first-order valence-electron chi connectivity index (χ1n) is 8.66. The molecule has 1 atom stereocenters. The molecule has 28 heavy (non-hydrogen) atoms. The highest BCUT2D eigenvalue weighted by atomic mass is 16.6. The van der Waals surface area contributed by atoms with Crippen molar-refractivity contribution in [1.29, 1.82) is 0 Å². The molecule has 0 saturated heterocycles. The van der Waals surface area contributed by atoms with Crippen molar-refractivity contribution in [3.63, 3.8) is 0 Å². The predicted octanol–water partition coefficient (Wildman–Crippen LogP) is 3.29. The van der Waals surface area contributed by atoms with Crippen molar-refractivity contribution in [1.82, 2.24) is 15.0 Å². The normalized spacial score (nSPS) is 11.7. The smallest absolute Gasteiger partial charge is 0.274 e. The number of aliphatic hydroxyl groups excluding tert-OH is 1. The van der Waals surface area contributed by atoms with Gasteiger partial charge in [0.15, 0.2) is 0 Å². The molecule has 0 unspecified atom stereocenters. The number of nitro benzene ring substituents is 1. The fraction of sp³-hybridized carbons (Fsp3) is 0.211. The molecule has 9 heteroatoms. The molecule has 3 aromatic rings. The lowest BCUT2D eigenvalue weighted by Gasteiger charge is -2.15. The molecule has 0 spiro atoms. The summed E-state index contributed by atoms with van der Waals surface area (Å²) in [6.45, 7) is 3.41. The second-order valence-electron chi connectivity index (χ2n) is 6.26. The van der Waals surface area contributed by atoms with E-state index in [0.717, 1.165) is 5.56 Å². The third kappa shape index (κ3) is 4.38. The number of aromatic nitrogens is 3. The number of nitrogens with zero attached hydrogens (tertiary/aromatic N) is 4. The second kappa shape index (κ2) is 8.40. The first-order valence-corrected chi connectivity index (χ1v) is 8.66. The summed E-state index contributed by atoms with van der Waals surface area (Å²) in [6.07, 6.45) is 3.33. The van der Waals surface area contributed by atoms with Crippen LogP contribution in [-0.4, -0.2) is 37.6 Å². The fourth-order valence-electron chi connectivity index (χ4n) is 2.61. The topological polar surface area (TPSA) is 126 Å². The lowest BCUT2D eigenvalue weighted by molar-refractivity contribution is -0.385. The van der Waals surface area contributed by atoms with Crippen LogP contribution in [0.2, 0.25) is 0 Å². The van der Waals surface area contributed by atoms with E-state index in [1.54, 1.807) is 44.4 Å². The number of rotatable bonds is 7. The van der Waals surface area contributed by atoms with Crippen LogP contribution in [0.25, 0.3) is 11.3 Å². The van der Waals surface area contributed by atoms with E-state index in [-0.39, 0.29) is 18.3 Å². The zero-order valence-corrected chi connectivity index (χ0v) is 15.5. The Morgan fingerprint density at radius 2 is 1.96 bits per heavy atom. The van der Waals surface area contributed by atoms with Crippen LogP contribution in [0.15, 0.2) is 48.8 Å². The van der Waals surface area contributed by atoms with Crippen LogP contribution >= 0.6 is 0 Å². The second-order valence-corrected chi connectivity index (χ2v) is 6.26. The molecule has 2 aromatic heterocycles. The Hall–Kier alpha value is -3.59. The highest BCUT2D eigenvalue weighted by molar-refractivity contribution is 5.70. The van der Waals surface area contributed by atoms with Crippen LogP contribution in [0.3, 0.4) is 0 Å². The molecule has 3 rings (SSSR count). The zero-order chi connectivity index (χ0) is 20.1. The first kappa shape index (κ1) is 19.2. The number of aliphatic hydroxyl groups is 1. The minimum absolute atomic E-state index is 0.0284. The summed E-state index contributed by atoms with van der Waals surface area (Å²) in [4.78, 5) is 23.7. The van der Waals surface area contributed by atoms with Crippen molar-refractivity contribution in [3.8, 4) is 11.3 Å². The van der Waals surface area contributed by atoms with E-state index in [1.807, 2.05) is 12.1 Å². The van der Waals surface area contributed by atoms with Gasteiger partial charge in [0.1, 0.15) is 5.82 Å². The maximum Gasteiger partial charge on any atom is 0.274 e. The predicted molar refractivity (Wildman–Crippen MR) is 107 cm³/mol. The molecule has 0 aliphatic heterocycles. The van der Waals surface area contributed by atoms with Crippen LogP contribution in [0, 0.1) is 17.0 Å². The molecule has 0 bridgehead atoms. The quantitative estimate of drug-likeness (QED) is 0.421. The van der Waals surface area contributed by atoms with Gasteiger partial charge >= 0.3 is 0 Å². The van der Waals surface area contributed by atoms with Gasteiger partial charge < -0.3 is 15.7 Å². The summed E-state index contributed by atoms with van der Waals surface area (Å²) in [6, 6.07) is 9.99. The van der Waals surface area contributed by atoms with Gasteiger partial charge in [0.05, 0.1) is 22.8 Å². The highest BCUT2D eigenvalue weighted by Gasteiger charge is 2.15. The molecular weight excluding hydrogens is 360 g/mol. The van der Waals surface area contributed by atoms with Gasteiger partial charge in [-0.1, -0.05) is 6.07 Å². The monoisotopic (exact) mass is 380 g/mol. The Morgan fingerprint density at radius 1 is 1.21 bits per heavy atom. The summed E-state index contributed by atoms with van der Waals surface area (Å²) < 4.78 is 0. The van der Waals surface area contributed by atoms with Gasteiger partial charge in [-0.2, -0.15) is 4.98 Å². The maximum atomic E-state index is 11.2. The molecule has 0 fully saturated rings. The fourth-order valence-corrected chi connectivity index (χ4v) is 2.61. The van der Waals surface area contributed by atoms with Gasteiger partial charge in [0.2, 0.25) is 5.95 Å². The minimum Gasteiger partial charge on any atom is -0.394 e. The van der Waals surface area contributed by atoms with Crippen LogP contribution in [-0.2, 0) is 0 Å². The molecule has 144 valence electrons. The molecule has 0 aliphatic carbocycles. The number of pyridine rings is 1. The molecule has 9 nitrogen and oxygen atoms in total. The molecule has 0 amide bonds. The molecule has 2 heterocycles. The lowest BCUT2D eigenvalue weighted by Crippen LogP contribution is -2.21. The van der Waals surface area contributed by atoms with Gasteiger partial charge in [-0.05, 0) is 32.0 Å². The van der Waals surface area contributed by atoms with E-state index in [4.69, 9.17) is 0 Å². The van der Waals surface area contributed by atoms with Crippen molar-refractivity contribution in [2.45, 2.75) is 19.9 Å². The number of hydrogen-bond acceptors (Lipinski definition) is 8. The average molecular weight is 380 g/mol. The Labute approximate surface area is 161 Å². The molecular formula is C19H20N6O3. The first-order chi connectivity index (χ1) is 13.5. The molecule has 1 aromatic carbocycles. The van der Waals surface area contributed by atoms with Crippen LogP contribution in [0.1, 0.15) is 12.5 Å². The van der Waals surface area contributed by atoms with Crippen LogP contribution < -0.4 is 10.6 Å². The SMILES string of the molecule is Cc1c(Nc2cc(-c3ccncc3)nc(N[C@@H](C)CO)n2)cccc1[N+](=O)[O-]. The van der Waals surface area contributed by atoms with E-state index in [0.29, 0.717) is 28.7 Å². The maximum absolute atomic E-state index is 11.2. The number of anilines is 3. The summed E-state index contributed by atoms with van der Waals surface area (Å²) >= 11 is 0. The largest absolute Gasteiger partial charge is 0.394 e. The molecule has 3 N–H and O–H groups in total. The Bertz CT molecular complexity index is 981. The van der Waals surface area contributed by atoms with Crippen molar-refractivity contribution in [2.24, 2.45) is 0 Å². The third-order valence-electron chi connectivity index (χ3n) is 4.12. The minimum atomic E-state index is -0.418. The van der Waals surface area contributed by atoms with Gasteiger partial charge in [-0.25, -0.2) is 4.98 Å². The summed E-state index contributed by atoms with van der Waals surface area (Å²) in [5, 5.41) is 26.7. The van der Waals surface area contributed by atoms with Gasteiger partial charge in [0, 0.05) is 41.8 Å². The summed E-state index contributed by atoms with van der Waals surface area (Å²) in [5.41, 5.74) is 2.61. The van der Waals surface area contributed by atoms with Gasteiger partial charge in [0.25, 0.3) is 5.69 Å². The molecule has 0 saturated carbocycles. The number of hydrogen-bond donors (Lipinski definition) is 3. The van der Waals surface area contributed by atoms with Crippen molar-refractivity contribution < 1.29 is 10.0 Å². The number of nitro groups is 1. The van der Waals surface area contributed by atoms with E-state index in [2.05, 4.69) is 25.6 Å². The molecule has 0 aliphatic rings. The van der Waals surface area contributed by atoms with E-state index < -0.39 is 4.92 Å². The van der Waals surface area contributed by atoms with Crippen LogP contribution in [0.5, 0.6) is 0 Å². The Kier molecular flexibility index (Phi) is 5.75. The average Bonchev–Trinajstić information content (AvgIpc) is 2.69. The lowest BCUT2D eigenvalue weighted by atomic mass is 10.1. The Balaban J connectivity index is 2.01. The standard InChI is InChI=1S/C19H20N6O3/c1-12(11-26)21-19-23-16(14-6-8-20-9-7-14)10-18(24-19)22-15-4-3-5-17(13(15)2)25(27)28/h3-10,12,26H,11H2,1-2H3,(H2,21,22,23,24)/t12-/m0/s1. The van der Waals surface area contributed by atoms with Crippen molar-refractivity contribution >= 4 is 23.1 Å². The Morgan fingerprint density at radius 3 is 2.64 bits per heavy atom.